The number of nitrogens with one attached hydrogen (secondary N) is 1. The second-order valence-corrected chi connectivity index (χ2v) is 4.50. The number of hydrogen-bond acceptors (Lipinski definition) is 6. The number of aromatic nitrogens is 3. The van der Waals surface area contributed by atoms with Crippen molar-refractivity contribution in [2.45, 2.75) is 13.8 Å². The number of anilines is 2. The largest absolute Gasteiger partial charge is 0.357 e. The van der Waals surface area contributed by atoms with Crippen molar-refractivity contribution < 1.29 is 0 Å². The van der Waals surface area contributed by atoms with E-state index in [4.69, 9.17) is 0 Å². The van der Waals surface area contributed by atoms with Crippen molar-refractivity contribution in [3.8, 4) is 11.4 Å². The SMILES string of the molecule is CCN(CC)c1nc(NC)nc(-c2ccsc2)n1. The van der Waals surface area contributed by atoms with Gasteiger partial charge in [0, 0.05) is 31.1 Å². The van der Waals surface area contributed by atoms with Gasteiger partial charge in [-0.25, -0.2) is 0 Å². The predicted molar refractivity (Wildman–Crippen MR) is 76.2 cm³/mol. The van der Waals surface area contributed by atoms with E-state index in [0.717, 1.165) is 30.4 Å². The van der Waals surface area contributed by atoms with Crippen LogP contribution in [-0.4, -0.2) is 35.1 Å². The van der Waals surface area contributed by atoms with E-state index >= 15 is 0 Å². The van der Waals surface area contributed by atoms with Crippen LogP contribution in [0.4, 0.5) is 11.9 Å². The predicted octanol–water partition coefficient (Wildman–Crippen LogP) is 2.49. The van der Waals surface area contributed by atoms with E-state index in [1.165, 1.54) is 0 Å². The van der Waals surface area contributed by atoms with Crippen molar-refractivity contribution in [1.29, 1.82) is 0 Å². The van der Waals surface area contributed by atoms with Crippen LogP contribution in [-0.2, 0) is 0 Å². The van der Waals surface area contributed by atoms with Gasteiger partial charge in [0.25, 0.3) is 0 Å². The molecule has 2 aromatic rings. The highest BCUT2D eigenvalue weighted by Crippen LogP contribution is 2.21. The topological polar surface area (TPSA) is 53.9 Å². The molecular formula is C12H17N5S. The van der Waals surface area contributed by atoms with Crippen LogP contribution in [0.1, 0.15) is 13.8 Å². The zero-order valence-electron chi connectivity index (χ0n) is 10.8. The molecule has 96 valence electrons. The van der Waals surface area contributed by atoms with E-state index < -0.39 is 0 Å². The average Bonchev–Trinajstić information content (AvgIpc) is 2.94. The highest BCUT2D eigenvalue weighted by atomic mass is 32.1. The zero-order valence-corrected chi connectivity index (χ0v) is 11.7. The van der Waals surface area contributed by atoms with E-state index in [1.807, 2.05) is 23.9 Å². The molecule has 2 rings (SSSR count). The maximum atomic E-state index is 4.54. The summed E-state index contributed by atoms with van der Waals surface area (Å²) in [5.74, 6) is 2.05. The summed E-state index contributed by atoms with van der Waals surface area (Å²) in [6.07, 6.45) is 0. The molecule has 0 fully saturated rings. The summed E-state index contributed by atoms with van der Waals surface area (Å²) in [7, 11) is 1.82. The Labute approximate surface area is 111 Å². The van der Waals surface area contributed by atoms with Crippen molar-refractivity contribution in [2.24, 2.45) is 0 Å². The Hall–Kier alpha value is -1.69. The lowest BCUT2D eigenvalue weighted by Crippen LogP contribution is -2.25. The molecule has 0 radical (unpaired) electrons. The Kier molecular flexibility index (Phi) is 4.09. The lowest BCUT2D eigenvalue weighted by atomic mass is 10.3. The maximum Gasteiger partial charge on any atom is 0.230 e. The molecule has 0 aliphatic heterocycles. The van der Waals surface area contributed by atoms with Gasteiger partial charge in [-0.3, -0.25) is 0 Å². The molecule has 1 N–H and O–H groups in total. The Morgan fingerprint density at radius 2 is 2.00 bits per heavy atom. The Bertz CT molecular complexity index is 493. The summed E-state index contributed by atoms with van der Waals surface area (Å²) >= 11 is 1.64. The molecule has 5 nitrogen and oxygen atoms in total. The molecular weight excluding hydrogens is 246 g/mol. The molecule has 6 heteroatoms. The number of rotatable bonds is 5. The van der Waals surface area contributed by atoms with Crippen molar-refractivity contribution >= 4 is 23.2 Å². The maximum absolute atomic E-state index is 4.54. The van der Waals surface area contributed by atoms with Gasteiger partial charge in [0.1, 0.15) is 0 Å². The second-order valence-electron chi connectivity index (χ2n) is 3.72. The molecule has 0 aromatic carbocycles. The minimum Gasteiger partial charge on any atom is -0.357 e. The minimum absolute atomic E-state index is 0.605. The van der Waals surface area contributed by atoms with E-state index in [0.29, 0.717) is 5.95 Å². The summed E-state index contributed by atoms with van der Waals surface area (Å²) in [5, 5.41) is 7.05. The first kappa shape index (κ1) is 12.8. The first-order chi connectivity index (χ1) is 8.78. The average molecular weight is 263 g/mol. The van der Waals surface area contributed by atoms with E-state index in [2.05, 4.69) is 39.0 Å². The molecule has 18 heavy (non-hydrogen) atoms. The van der Waals surface area contributed by atoms with Crippen LogP contribution in [0.2, 0.25) is 0 Å². The highest BCUT2D eigenvalue weighted by molar-refractivity contribution is 7.08. The molecule has 0 amide bonds. The van der Waals surface area contributed by atoms with Crippen LogP contribution in [0.5, 0.6) is 0 Å². The summed E-state index contributed by atoms with van der Waals surface area (Å²) in [6.45, 7) is 5.95. The van der Waals surface area contributed by atoms with Crippen LogP contribution in [0, 0.1) is 0 Å². The van der Waals surface area contributed by atoms with E-state index in [1.54, 1.807) is 11.3 Å². The van der Waals surface area contributed by atoms with Crippen molar-refractivity contribution in [3.05, 3.63) is 16.8 Å². The first-order valence-corrected chi connectivity index (χ1v) is 6.94. The second kappa shape index (κ2) is 5.77. The lowest BCUT2D eigenvalue weighted by Gasteiger charge is -2.19. The minimum atomic E-state index is 0.605. The summed E-state index contributed by atoms with van der Waals surface area (Å²) < 4.78 is 0. The van der Waals surface area contributed by atoms with E-state index in [9.17, 15) is 0 Å². The normalized spacial score (nSPS) is 10.4. The Morgan fingerprint density at radius 1 is 1.22 bits per heavy atom. The van der Waals surface area contributed by atoms with Gasteiger partial charge in [0.2, 0.25) is 11.9 Å². The fourth-order valence-electron chi connectivity index (χ4n) is 1.65. The van der Waals surface area contributed by atoms with Gasteiger partial charge in [0.15, 0.2) is 5.82 Å². The van der Waals surface area contributed by atoms with Crippen LogP contribution in [0.3, 0.4) is 0 Å². The third-order valence-electron chi connectivity index (χ3n) is 2.67. The van der Waals surface area contributed by atoms with Gasteiger partial charge in [-0.05, 0) is 25.3 Å². The molecule has 0 saturated carbocycles. The molecule has 0 unspecified atom stereocenters. The quantitative estimate of drug-likeness (QED) is 0.898. The lowest BCUT2D eigenvalue weighted by molar-refractivity contribution is 0.815. The van der Waals surface area contributed by atoms with E-state index in [-0.39, 0.29) is 0 Å². The van der Waals surface area contributed by atoms with Crippen LogP contribution in [0.25, 0.3) is 11.4 Å². The Morgan fingerprint density at radius 3 is 2.56 bits per heavy atom. The van der Waals surface area contributed by atoms with Crippen molar-refractivity contribution in [1.82, 2.24) is 15.0 Å². The molecule has 0 aliphatic rings. The smallest absolute Gasteiger partial charge is 0.230 e. The summed E-state index contributed by atoms with van der Waals surface area (Å²) in [6, 6.07) is 2.02. The summed E-state index contributed by atoms with van der Waals surface area (Å²) in [4.78, 5) is 15.4. The number of nitrogens with zero attached hydrogens (tertiary/aromatic N) is 4. The Balaban J connectivity index is 2.45. The molecule has 0 atom stereocenters. The van der Waals surface area contributed by atoms with Crippen LogP contribution in [0.15, 0.2) is 16.8 Å². The number of hydrogen-bond donors (Lipinski definition) is 1. The fraction of sp³-hybridized carbons (Fsp3) is 0.417. The third-order valence-corrected chi connectivity index (χ3v) is 3.36. The van der Waals surface area contributed by atoms with Gasteiger partial charge in [-0.2, -0.15) is 26.3 Å². The van der Waals surface area contributed by atoms with Gasteiger partial charge >= 0.3 is 0 Å². The van der Waals surface area contributed by atoms with Crippen LogP contribution < -0.4 is 10.2 Å². The molecule has 2 heterocycles. The summed E-state index contributed by atoms with van der Waals surface area (Å²) in [5.41, 5.74) is 1.03. The third kappa shape index (κ3) is 2.59. The van der Waals surface area contributed by atoms with Gasteiger partial charge in [-0.1, -0.05) is 0 Å². The van der Waals surface area contributed by atoms with Gasteiger partial charge in [0.05, 0.1) is 0 Å². The molecule has 0 bridgehead atoms. The molecule has 0 saturated heterocycles. The van der Waals surface area contributed by atoms with Crippen molar-refractivity contribution in [3.63, 3.8) is 0 Å². The molecule has 0 spiro atoms. The monoisotopic (exact) mass is 263 g/mol. The van der Waals surface area contributed by atoms with Crippen LogP contribution >= 0.6 is 11.3 Å². The van der Waals surface area contributed by atoms with Gasteiger partial charge < -0.3 is 10.2 Å². The number of thiophene rings is 1. The molecule has 2 aromatic heterocycles. The first-order valence-electron chi connectivity index (χ1n) is 5.99. The molecule has 0 aliphatic carbocycles. The zero-order chi connectivity index (χ0) is 13.0. The van der Waals surface area contributed by atoms with Crippen molar-refractivity contribution in [2.75, 3.05) is 30.4 Å². The fourth-order valence-corrected chi connectivity index (χ4v) is 2.28. The standard InChI is InChI=1S/C12H17N5S/c1-4-17(5-2)12-15-10(9-6-7-18-8-9)14-11(13-3)16-12/h6-8H,4-5H2,1-3H3,(H,13,14,15,16). The van der Waals surface area contributed by atoms with Gasteiger partial charge in [-0.15, -0.1) is 0 Å². The highest BCUT2D eigenvalue weighted by Gasteiger charge is 2.11.